The van der Waals surface area contributed by atoms with Gasteiger partial charge in [0.1, 0.15) is 11.4 Å². The van der Waals surface area contributed by atoms with Crippen LogP contribution in [0.15, 0.2) is 91.0 Å². The molecule has 0 saturated heterocycles. The molecule has 1 N–H and O–H groups in total. The number of hydrogen-bond donors (Lipinski definition) is 1. The minimum atomic E-state index is -0.895. The van der Waals surface area contributed by atoms with Crippen LogP contribution in [0.2, 0.25) is 0 Å². The van der Waals surface area contributed by atoms with Crippen molar-refractivity contribution < 1.29 is 14.6 Å². The smallest absolute Gasteiger partial charge is 0.352 e. The fourth-order valence-corrected chi connectivity index (χ4v) is 4.78. The maximum absolute atomic E-state index is 12.4. The molecule has 170 valence electrons. The first-order chi connectivity index (χ1) is 16.6. The Labute approximate surface area is 199 Å². The van der Waals surface area contributed by atoms with Gasteiger partial charge in [0.2, 0.25) is 0 Å². The van der Waals surface area contributed by atoms with Crippen molar-refractivity contribution in [1.82, 2.24) is 4.57 Å². The minimum absolute atomic E-state index is 0.368. The van der Waals surface area contributed by atoms with Gasteiger partial charge in [-0.25, -0.2) is 4.79 Å². The van der Waals surface area contributed by atoms with Crippen LogP contribution in [0, 0.1) is 6.92 Å². The normalized spacial score (nSPS) is 11.2. The number of carbonyl (C=O) groups is 1. The second-order valence-corrected chi connectivity index (χ2v) is 8.65. The standard InChI is InChI=1S/C30H27NO3/c1-21-9-6-10-22(19-21)20-31-27-16-5-4-14-25(27)26(29(31)30(32)33)15-8-18-34-28-17-7-12-23-11-2-3-13-24(23)28/h2-7,9-14,16-17,19H,8,15,18,20H2,1H3,(H,32,33). The van der Waals surface area contributed by atoms with Crippen molar-refractivity contribution in [3.05, 3.63) is 113 Å². The Morgan fingerprint density at radius 2 is 1.62 bits per heavy atom. The molecule has 0 spiro atoms. The summed E-state index contributed by atoms with van der Waals surface area (Å²) in [5.74, 6) is -0.0349. The molecule has 34 heavy (non-hydrogen) atoms. The first kappa shape index (κ1) is 21.8. The summed E-state index contributed by atoms with van der Waals surface area (Å²) in [6, 6.07) is 30.4. The van der Waals surface area contributed by atoms with Crippen molar-refractivity contribution in [3.63, 3.8) is 0 Å². The van der Waals surface area contributed by atoms with E-state index in [1.54, 1.807) is 0 Å². The lowest BCUT2D eigenvalue weighted by atomic mass is 10.1. The zero-order valence-corrected chi connectivity index (χ0v) is 19.2. The van der Waals surface area contributed by atoms with Crippen molar-refractivity contribution >= 4 is 27.6 Å². The molecule has 0 amide bonds. The van der Waals surface area contributed by atoms with E-state index in [0.717, 1.165) is 50.5 Å². The molecule has 0 unspecified atom stereocenters. The lowest BCUT2D eigenvalue weighted by Crippen LogP contribution is -2.12. The monoisotopic (exact) mass is 449 g/mol. The van der Waals surface area contributed by atoms with Gasteiger partial charge >= 0.3 is 5.97 Å². The number of aryl methyl sites for hydroxylation is 2. The molecule has 0 bridgehead atoms. The molecule has 0 aliphatic rings. The largest absolute Gasteiger partial charge is 0.493 e. The topological polar surface area (TPSA) is 51.5 Å². The SMILES string of the molecule is Cc1cccc(Cn2c(C(=O)O)c(CCCOc3cccc4ccccc34)c3ccccc32)c1. The van der Waals surface area contributed by atoms with E-state index in [-0.39, 0.29) is 0 Å². The Hall–Kier alpha value is -4.05. The van der Waals surface area contributed by atoms with Gasteiger partial charge in [-0.05, 0) is 48.4 Å². The number of carboxylic acid groups (broad SMARTS) is 1. The molecule has 4 nitrogen and oxygen atoms in total. The summed E-state index contributed by atoms with van der Waals surface area (Å²) in [6.45, 7) is 3.09. The number of hydrogen-bond acceptors (Lipinski definition) is 2. The first-order valence-corrected chi connectivity index (χ1v) is 11.6. The molecule has 5 rings (SSSR count). The summed E-state index contributed by atoms with van der Waals surface area (Å²) in [5.41, 5.74) is 4.45. The highest BCUT2D eigenvalue weighted by molar-refractivity contribution is 5.98. The number of rotatable bonds is 8. The second-order valence-electron chi connectivity index (χ2n) is 8.65. The molecular formula is C30H27NO3. The number of carboxylic acids is 1. The van der Waals surface area contributed by atoms with Crippen LogP contribution in [-0.2, 0) is 13.0 Å². The summed E-state index contributed by atoms with van der Waals surface area (Å²) in [4.78, 5) is 12.4. The number of aromatic carboxylic acids is 1. The van der Waals surface area contributed by atoms with E-state index in [4.69, 9.17) is 4.74 Å². The molecule has 0 radical (unpaired) electrons. The van der Waals surface area contributed by atoms with Crippen LogP contribution in [-0.4, -0.2) is 22.2 Å². The summed E-state index contributed by atoms with van der Waals surface area (Å²) >= 11 is 0. The molecule has 0 saturated carbocycles. The lowest BCUT2D eigenvalue weighted by molar-refractivity contribution is 0.0685. The summed E-state index contributed by atoms with van der Waals surface area (Å²) < 4.78 is 8.05. The third kappa shape index (κ3) is 4.27. The van der Waals surface area contributed by atoms with E-state index < -0.39 is 5.97 Å². The average Bonchev–Trinajstić information content (AvgIpc) is 3.15. The van der Waals surface area contributed by atoms with Gasteiger partial charge in [-0.2, -0.15) is 0 Å². The highest BCUT2D eigenvalue weighted by Crippen LogP contribution is 2.30. The van der Waals surface area contributed by atoms with Gasteiger partial charge in [-0.3, -0.25) is 0 Å². The van der Waals surface area contributed by atoms with E-state index in [1.165, 1.54) is 0 Å². The minimum Gasteiger partial charge on any atom is -0.493 e. The Kier molecular flexibility index (Phi) is 6.05. The molecule has 5 aromatic rings. The molecule has 0 aliphatic carbocycles. The second kappa shape index (κ2) is 9.44. The van der Waals surface area contributed by atoms with Crippen LogP contribution < -0.4 is 4.74 Å². The van der Waals surface area contributed by atoms with E-state index in [1.807, 2.05) is 65.2 Å². The highest BCUT2D eigenvalue weighted by atomic mass is 16.5. The zero-order valence-electron chi connectivity index (χ0n) is 19.2. The molecule has 0 aliphatic heterocycles. The number of benzene rings is 4. The third-order valence-electron chi connectivity index (χ3n) is 6.28. The van der Waals surface area contributed by atoms with Crippen molar-refractivity contribution in [1.29, 1.82) is 0 Å². The molecule has 0 fully saturated rings. The number of nitrogens with zero attached hydrogens (tertiary/aromatic N) is 1. The third-order valence-corrected chi connectivity index (χ3v) is 6.28. The van der Waals surface area contributed by atoms with E-state index in [9.17, 15) is 9.90 Å². The van der Waals surface area contributed by atoms with Crippen molar-refractivity contribution in [2.24, 2.45) is 0 Å². The Bertz CT molecular complexity index is 1480. The van der Waals surface area contributed by atoms with Gasteiger partial charge in [0.05, 0.1) is 6.61 Å². The molecule has 4 aromatic carbocycles. The Balaban J connectivity index is 1.41. The van der Waals surface area contributed by atoms with Gasteiger partial charge in [0.25, 0.3) is 0 Å². The van der Waals surface area contributed by atoms with Gasteiger partial charge in [0.15, 0.2) is 0 Å². The van der Waals surface area contributed by atoms with Crippen LogP contribution in [0.25, 0.3) is 21.7 Å². The molecule has 1 heterocycles. The van der Waals surface area contributed by atoms with Gasteiger partial charge in [-0.1, -0.05) is 84.4 Å². The number of fused-ring (bicyclic) bond motifs is 2. The van der Waals surface area contributed by atoms with Crippen LogP contribution in [0.3, 0.4) is 0 Å². The molecular weight excluding hydrogens is 422 g/mol. The lowest BCUT2D eigenvalue weighted by Gasteiger charge is -2.11. The Morgan fingerprint density at radius 3 is 2.44 bits per heavy atom. The fraction of sp³-hybridized carbons (Fsp3) is 0.167. The van der Waals surface area contributed by atoms with Crippen molar-refractivity contribution in [3.8, 4) is 5.75 Å². The molecule has 1 aromatic heterocycles. The van der Waals surface area contributed by atoms with Crippen LogP contribution >= 0.6 is 0 Å². The van der Waals surface area contributed by atoms with Crippen LogP contribution in [0.4, 0.5) is 0 Å². The van der Waals surface area contributed by atoms with Crippen LogP contribution in [0.1, 0.15) is 33.6 Å². The fourth-order valence-electron chi connectivity index (χ4n) is 4.78. The first-order valence-electron chi connectivity index (χ1n) is 11.6. The number of aromatic nitrogens is 1. The van der Waals surface area contributed by atoms with Gasteiger partial charge in [0, 0.05) is 22.8 Å². The zero-order chi connectivity index (χ0) is 23.5. The van der Waals surface area contributed by atoms with Gasteiger partial charge < -0.3 is 14.4 Å². The van der Waals surface area contributed by atoms with Gasteiger partial charge in [-0.15, -0.1) is 0 Å². The molecule has 4 heteroatoms. The van der Waals surface area contributed by atoms with Crippen molar-refractivity contribution in [2.45, 2.75) is 26.3 Å². The van der Waals surface area contributed by atoms with E-state index >= 15 is 0 Å². The number of ether oxygens (including phenoxy) is 1. The molecule has 0 atom stereocenters. The summed E-state index contributed by atoms with van der Waals surface area (Å²) in [5, 5.41) is 13.4. The summed E-state index contributed by atoms with van der Waals surface area (Å²) in [7, 11) is 0. The van der Waals surface area contributed by atoms with Crippen molar-refractivity contribution in [2.75, 3.05) is 6.61 Å². The maximum atomic E-state index is 12.4. The highest BCUT2D eigenvalue weighted by Gasteiger charge is 2.22. The van der Waals surface area contributed by atoms with E-state index in [2.05, 4.69) is 37.3 Å². The summed E-state index contributed by atoms with van der Waals surface area (Å²) in [6.07, 6.45) is 1.36. The van der Waals surface area contributed by atoms with Crippen LogP contribution in [0.5, 0.6) is 5.75 Å². The predicted molar refractivity (Wildman–Crippen MR) is 137 cm³/mol. The van der Waals surface area contributed by atoms with E-state index in [0.29, 0.717) is 25.3 Å². The quantitative estimate of drug-likeness (QED) is 0.263. The maximum Gasteiger partial charge on any atom is 0.352 e. The average molecular weight is 450 g/mol. The predicted octanol–water partition coefficient (Wildman–Crippen LogP) is 6.86. The Morgan fingerprint density at radius 1 is 0.882 bits per heavy atom. The number of para-hydroxylation sites is 1.